The van der Waals surface area contributed by atoms with Crippen LogP contribution >= 0.6 is 0 Å². The molecule has 0 saturated carbocycles. The lowest BCUT2D eigenvalue weighted by Gasteiger charge is -2.33. The van der Waals surface area contributed by atoms with Crippen molar-refractivity contribution in [3.63, 3.8) is 0 Å². The molecule has 5 heteroatoms. The summed E-state index contributed by atoms with van der Waals surface area (Å²) < 4.78 is 0. The normalized spacial score (nSPS) is 15.5. The number of nitrogens with zero attached hydrogens (tertiary/aromatic N) is 2. The topological polar surface area (TPSA) is 73.2 Å². The van der Waals surface area contributed by atoms with Crippen molar-refractivity contribution in [2.75, 3.05) is 13.1 Å². The summed E-state index contributed by atoms with van der Waals surface area (Å²) in [6, 6.07) is 8.72. The molecule has 0 aliphatic carbocycles. The van der Waals surface area contributed by atoms with E-state index in [1.165, 1.54) is 0 Å². The van der Waals surface area contributed by atoms with Crippen molar-refractivity contribution in [3.05, 3.63) is 35.4 Å². The van der Waals surface area contributed by atoms with Gasteiger partial charge in [0.1, 0.15) is 0 Å². The Hall–Kier alpha value is -2.35. The summed E-state index contributed by atoms with van der Waals surface area (Å²) in [6.07, 6.45) is 1.56. The fourth-order valence-corrected chi connectivity index (χ4v) is 2.57. The van der Waals surface area contributed by atoms with Gasteiger partial charge in [0.25, 0.3) is 5.91 Å². The molecule has 5 nitrogen and oxygen atoms in total. The number of carbonyl (C=O) groups excluding carboxylic acids is 2. The number of amides is 2. The Morgan fingerprint density at radius 1 is 1.23 bits per heavy atom. The van der Waals surface area contributed by atoms with Gasteiger partial charge >= 0.3 is 0 Å². The van der Waals surface area contributed by atoms with Crippen LogP contribution in [0.15, 0.2) is 24.3 Å². The molecule has 1 saturated heterocycles. The zero-order valence-corrected chi connectivity index (χ0v) is 13.0. The van der Waals surface area contributed by atoms with Crippen molar-refractivity contribution < 1.29 is 9.59 Å². The number of benzene rings is 1. The molecule has 0 radical (unpaired) electrons. The van der Waals surface area contributed by atoms with Crippen molar-refractivity contribution in [2.24, 2.45) is 5.92 Å². The molecule has 1 aromatic carbocycles. The van der Waals surface area contributed by atoms with Crippen molar-refractivity contribution >= 4 is 11.8 Å². The summed E-state index contributed by atoms with van der Waals surface area (Å²) in [5, 5.41) is 11.8. The van der Waals surface area contributed by atoms with Crippen molar-refractivity contribution in [1.29, 1.82) is 5.26 Å². The second-order valence-corrected chi connectivity index (χ2v) is 5.92. The third-order valence-corrected chi connectivity index (χ3v) is 3.91. The average molecular weight is 299 g/mol. The highest BCUT2D eigenvalue weighted by molar-refractivity contribution is 5.94. The van der Waals surface area contributed by atoms with Crippen LogP contribution in [0, 0.1) is 17.2 Å². The summed E-state index contributed by atoms with van der Waals surface area (Å²) in [5.41, 5.74) is 1.09. The highest BCUT2D eigenvalue weighted by Crippen LogP contribution is 2.14. The van der Waals surface area contributed by atoms with Crippen molar-refractivity contribution in [3.8, 4) is 6.07 Å². The van der Waals surface area contributed by atoms with E-state index in [4.69, 9.17) is 5.26 Å². The van der Waals surface area contributed by atoms with Gasteiger partial charge < -0.3 is 10.2 Å². The molecule has 2 rings (SSSR count). The predicted octanol–water partition coefficient (Wildman–Crippen LogP) is 1.94. The Morgan fingerprint density at radius 3 is 2.32 bits per heavy atom. The van der Waals surface area contributed by atoms with E-state index in [1.54, 1.807) is 24.3 Å². The Kier molecular flexibility index (Phi) is 5.16. The molecule has 2 amide bonds. The Bertz CT molecular complexity index is 579. The van der Waals surface area contributed by atoms with Crippen LogP contribution in [0.4, 0.5) is 0 Å². The number of hydrogen-bond acceptors (Lipinski definition) is 3. The number of nitrogens with one attached hydrogen (secondary N) is 1. The highest BCUT2D eigenvalue weighted by Gasteiger charge is 2.25. The third-order valence-electron chi connectivity index (χ3n) is 3.91. The molecule has 1 aliphatic heterocycles. The fraction of sp³-hybridized carbons (Fsp3) is 0.471. The van der Waals surface area contributed by atoms with Gasteiger partial charge in [0, 0.05) is 30.6 Å². The fourth-order valence-electron chi connectivity index (χ4n) is 2.57. The molecular formula is C17H21N3O2. The Balaban J connectivity index is 1.86. The lowest BCUT2D eigenvalue weighted by molar-refractivity contribution is -0.135. The maximum absolute atomic E-state index is 12.2. The average Bonchev–Trinajstić information content (AvgIpc) is 2.54. The van der Waals surface area contributed by atoms with Crippen LogP contribution in [0.25, 0.3) is 0 Å². The number of rotatable bonds is 3. The van der Waals surface area contributed by atoms with Crippen LogP contribution in [0.5, 0.6) is 0 Å². The molecule has 116 valence electrons. The first-order valence-electron chi connectivity index (χ1n) is 7.61. The zero-order chi connectivity index (χ0) is 16.1. The molecule has 0 aromatic heterocycles. The van der Waals surface area contributed by atoms with Gasteiger partial charge in [0.2, 0.25) is 5.91 Å². The van der Waals surface area contributed by atoms with Crippen molar-refractivity contribution in [1.82, 2.24) is 10.2 Å². The first-order chi connectivity index (χ1) is 10.5. The Labute approximate surface area is 130 Å². The molecule has 22 heavy (non-hydrogen) atoms. The maximum atomic E-state index is 12.2. The second kappa shape index (κ2) is 7.08. The van der Waals surface area contributed by atoms with E-state index in [9.17, 15) is 9.59 Å². The standard InChI is InChI=1S/C17H21N3O2/c1-12(2)17(22)20-9-7-15(8-10-20)19-16(21)14-5-3-13(11-18)4-6-14/h3-6,12,15H,7-10H2,1-2H3,(H,19,21). The second-order valence-electron chi connectivity index (χ2n) is 5.92. The van der Waals surface area contributed by atoms with E-state index in [-0.39, 0.29) is 23.8 Å². The summed E-state index contributed by atoms with van der Waals surface area (Å²) in [5.74, 6) is 0.0692. The van der Waals surface area contributed by atoms with E-state index >= 15 is 0 Å². The largest absolute Gasteiger partial charge is 0.349 e. The van der Waals surface area contributed by atoms with Gasteiger partial charge in [-0.15, -0.1) is 0 Å². The van der Waals surface area contributed by atoms with E-state index < -0.39 is 0 Å². The first-order valence-corrected chi connectivity index (χ1v) is 7.61. The molecule has 1 fully saturated rings. The lowest BCUT2D eigenvalue weighted by atomic mass is 10.0. The van der Waals surface area contributed by atoms with Gasteiger partial charge in [-0.3, -0.25) is 9.59 Å². The lowest BCUT2D eigenvalue weighted by Crippen LogP contribution is -2.47. The molecule has 1 aliphatic rings. The van der Waals surface area contributed by atoms with Crippen LogP contribution in [0.2, 0.25) is 0 Å². The van der Waals surface area contributed by atoms with Gasteiger partial charge in [-0.25, -0.2) is 0 Å². The summed E-state index contributed by atoms with van der Waals surface area (Å²) >= 11 is 0. The molecular weight excluding hydrogens is 278 g/mol. The zero-order valence-electron chi connectivity index (χ0n) is 13.0. The Morgan fingerprint density at radius 2 is 1.82 bits per heavy atom. The van der Waals surface area contributed by atoms with Gasteiger partial charge in [-0.1, -0.05) is 13.8 Å². The predicted molar refractivity (Wildman–Crippen MR) is 83.1 cm³/mol. The number of nitriles is 1. The molecule has 0 unspecified atom stereocenters. The maximum Gasteiger partial charge on any atom is 0.251 e. The number of piperidine rings is 1. The van der Waals surface area contributed by atoms with Crippen LogP contribution in [0.1, 0.15) is 42.6 Å². The summed E-state index contributed by atoms with van der Waals surface area (Å²) in [7, 11) is 0. The van der Waals surface area contributed by atoms with Crippen LogP contribution in [-0.2, 0) is 4.79 Å². The van der Waals surface area contributed by atoms with Crippen LogP contribution < -0.4 is 5.32 Å². The minimum Gasteiger partial charge on any atom is -0.349 e. The minimum absolute atomic E-state index is 0.0183. The van der Waals surface area contributed by atoms with Gasteiger partial charge in [-0.05, 0) is 37.1 Å². The van der Waals surface area contributed by atoms with Gasteiger partial charge in [0.05, 0.1) is 11.6 Å². The first kappa shape index (κ1) is 16.0. The molecule has 1 heterocycles. The van der Waals surface area contributed by atoms with Crippen LogP contribution in [-0.4, -0.2) is 35.8 Å². The highest BCUT2D eigenvalue weighted by atomic mass is 16.2. The molecule has 0 bridgehead atoms. The third kappa shape index (κ3) is 3.85. The van der Waals surface area contributed by atoms with Crippen molar-refractivity contribution in [2.45, 2.75) is 32.7 Å². The smallest absolute Gasteiger partial charge is 0.251 e. The van der Waals surface area contributed by atoms with Gasteiger partial charge in [-0.2, -0.15) is 5.26 Å². The van der Waals surface area contributed by atoms with E-state index in [1.807, 2.05) is 24.8 Å². The SMILES string of the molecule is CC(C)C(=O)N1CCC(NC(=O)c2ccc(C#N)cc2)CC1. The van der Waals surface area contributed by atoms with Crippen LogP contribution in [0.3, 0.4) is 0 Å². The van der Waals surface area contributed by atoms with E-state index in [0.29, 0.717) is 24.2 Å². The molecule has 1 aromatic rings. The minimum atomic E-state index is -0.127. The quantitative estimate of drug-likeness (QED) is 0.927. The molecule has 0 atom stereocenters. The summed E-state index contributed by atoms with van der Waals surface area (Å²) in [4.78, 5) is 26.0. The van der Waals surface area contributed by atoms with E-state index in [2.05, 4.69) is 5.32 Å². The number of carbonyl (C=O) groups is 2. The number of hydrogen-bond donors (Lipinski definition) is 1. The monoisotopic (exact) mass is 299 g/mol. The number of likely N-dealkylation sites (tertiary alicyclic amines) is 1. The van der Waals surface area contributed by atoms with Gasteiger partial charge in [0.15, 0.2) is 0 Å². The van der Waals surface area contributed by atoms with E-state index in [0.717, 1.165) is 12.8 Å². The molecule has 0 spiro atoms. The molecule has 1 N–H and O–H groups in total. The summed E-state index contributed by atoms with van der Waals surface area (Å²) in [6.45, 7) is 5.19.